The van der Waals surface area contributed by atoms with Crippen LogP contribution in [-0.4, -0.2) is 25.3 Å². The molecule has 2 aromatic rings. The zero-order chi connectivity index (χ0) is 14.7. The van der Waals surface area contributed by atoms with Crippen molar-refractivity contribution in [3.63, 3.8) is 0 Å². The molecule has 2 aromatic carbocycles. The molecule has 21 heavy (non-hydrogen) atoms. The molecule has 0 saturated carbocycles. The minimum Gasteiger partial charge on any atom is -0.200 e. The lowest BCUT2D eigenvalue weighted by atomic mass is 10.1. The van der Waals surface area contributed by atoms with Crippen molar-refractivity contribution in [1.29, 1.82) is 0 Å². The molecule has 0 radical (unpaired) electrons. The fourth-order valence-electron chi connectivity index (χ4n) is 2.62. The molecule has 1 N–H and O–H groups in total. The fourth-order valence-corrected chi connectivity index (χ4v) is 4.05. The predicted molar refractivity (Wildman–Crippen MR) is 82.8 cm³/mol. The van der Waals surface area contributed by atoms with Crippen molar-refractivity contribution in [2.75, 3.05) is 6.54 Å². The Morgan fingerprint density at radius 2 is 1.52 bits per heavy atom. The van der Waals surface area contributed by atoms with Crippen LogP contribution in [0, 0.1) is 0 Å². The van der Waals surface area contributed by atoms with Crippen LogP contribution >= 0.6 is 0 Å². The van der Waals surface area contributed by atoms with Gasteiger partial charge < -0.3 is 0 Å². The van der Waals surface area contributed by atoms with Crippen molar-refractivity contribution in [2.45, 2.75) is 19.0 Å². The molecule has 0 bridgehead atoms. The zero-order valence-corrected chi connectivity index (χ0v) is 12.5. The highest BCUT2D eigenvalue weighted by molar-refractivity contribution is 7.87. The summed E-state index contributed by atoms with van der Waals surface area (Å²) in [6, 6.07) is 19.6. The van der Waals surface area contributed by atoms with Gasteiger partial charge in [-0.1, -0.05) is 60.7 Å². The SMILES string of the molecule is O=S1(=O)NC[C@H](Cc2ccccc2)N1Cc1ccccc1. The van der Waals surface area contributed by atoms with Gasteiger partial charge in [-0.05, 0) is 17.5 Å². The van der Waals surface area contributed by atoms with Gasteiger partial charge in [0.25, 0.3) is 10.2 Å². The Morgan fingerprint density at radius 3 is 2.14 bits per heavy atom. The molecular formula is C16H18N2O2S. The second kappa shape index (κ2) is 5.97. The van der Waals surface area contributed by atoms with Crippen LogP contribution < -0.4 is 4.72 Å². The summed E-state index contributed by atoms with van der Waals surface area (Å²) in [6.07, 6.45) is 0.722. The number of benzene rings is 2. The van der Waals surface area contributed by atoms with Crippen molar-refractivity contribution in [2.24, 2.45) is 0 Å². The normalized spacial score (nSPS) is 21.4. The van der Waals surface area contributed by atoms with Crippen molar-refractivity contribution < 1.29 is 8.42 Å². The van der Waals surface area contributed by atoms with Crippen LogP contribution in [0.1, 0.15) is 11.1 Å². The summed E-state index contributed by atoms with van der Waals surface area (Å²) in [6.45, 7) is 0.873. The van der Waals surface area contributed by atoms with Crippen LogP contribution in [0.3, 0.4) is 0 Å². The van der Waals surface area contributed by atoms with Crippen LogP contribution in [0.15, 0.2) is 60.7 Å². The van der Waals surface area contributed by atoms with Gasteiger partial charge in [-0.15, -0.1) is 0 Å². The standard InChI is InChI=1S/C16H18N2O2S/c19-21(20)17-12-16(11-14-7-3-1-4-8-14)18(21)13-15-9-5-2-6-10-15/h1-10,16-17H,11-13H2/t16-/m0/s1. The smallest absolute Gasteiger partial charge is 0.200 e. The molecule has 1 heterocycles. The van der Waals surface area contributed by atoms with E-state index in [2.05, 4.69) is 4.72 Å². The Hall–Kier alpha value is -1.69. The first-order chi connectivity index (χ1) is 10.1. The van der Waals surface area contributed by atoms with E-state index in [1.807, 2.05) is 60.7 Å². The molecule has 3 rings (SSSR count). The molecule has 1 saturated heterocycles. The maximum Gasteiger partial charge on any atom is 0.280 e. The van der Waals surface area contributed by atoms with E-state index in [0.29, 0.717) is 13.1 Å². The Balaban J connectivity index is 1.80. The summed E-state index contributed by atoms with van der Waals surface area (Å²) < 4.78 is 28.6. The lowest BCUT2D eigenvalue weighted by Crippen LogP contribution is -2.35. The second-order valence-corrected chi connectivity index (χ2v) is 6.94. The Morgan fingerprint density at radius 1 is 0.952 bits per heavy atom. The van der Waals surface area contributed by atoms with Gasteiger partial charge in [0, 0.05) is 19.1 Å². The summed E-state index contributed by atoms with van der Waals surface area (Å²) in [5.74, 6) is 0. The minimum atomic E-state index is -3.37. The third-order valence-corrected chi connectivity index (χ3v) is 5.29. The third kappa shape index (κ3) is 3.32. The van der Waals surface area contributed by atoms with Gasteiger partial charge in [-0.2, -0.15) is 12.7 Å². The summed E-state index contributed by atoms with van der Waals surface area (Å²) in [5, 5.41) is 0. The molecule has 0 unspecified atom stereocenters. The maximum absolute atomic E-state index is 12.2. The highest BCUT2D eigenvalue weighted by atomic mass is 32.2. The lowest BCUT2D eigenvalue weighted by molar-refractivity contribution is 0.346. The third-order valence-electron chi connectivity index (χ3n) is 3.71. The monoisotopic (exact) mass is 302 g/mol. The predicted octanol–water partition coefficient (Wildman–Crippen LogP) is 1.95. The van der Waals surface area contributed by atoms with E-state index in [0.717, 1.165) is 17.5 Å². The quantitative estimate of drug-likeness (QED) is 0.938. The van der Waals surface area contributed by atoms with Gasteiger partial charge in [0.1, 0.15) is 0 Å². The molecule has 1 aliphatic rings. The van der Waals surface area contributed by atoms with Crippen LogP contribution in [-0.2, 0) is 23.2 Å². The minimum absolute atomic E-state index is 0.0439. The molecule has 4 nitrogen and oxygen atoms in total. The molecule has 0 aromatic heterocycles. The van der Waals surface area contributed by atoms with Crippen LogP contribution in [0.5, 0.6) is 0 Å². The molecule has 110 valence electrons. The van der Waals surface area contributed by atoms with Gasteiger partial charge in [0.05, 0.1) is 0 Å². The zero-order valence-electron chi connectivity index (χ0n) is 11.6. The Bertz CT molecular complexity index is 687. The van der Waals surface area contributed by atoms with E-state index in [1.165, 1.54) is 0 Å². The van der Waals surface area contributed by atoms with E-state index < -0.39 is 10.2 Å². The van der Waals surface area contributed by atoms with Gasteiger partial charge in [-0.3, -0.25) is 0 Å². The molecule has 1 aliphatic heterocycles. The van der Waals surface area contributed by atoms with Crippen molar-refractivity contribution in [1.82, 2.24) is 9.03 Å². The van der Waals surface area contributed by atoms with Crippen LogP contribution in [0.4, 0.5) is 0 Å². The second-order valence-electron chi connectivity index (χ2n) is 5.23. The topological polar surface area (TPSA) is 49.4 Å². The largest absolute Gasteiger partial charge is 0.280 e. The first-order valence-electron chi connectivity index (χ1n) is 6.99. The molecule has 1 fully saturated rings. The van der Waals surface area contributed by atoms with Crippen molar-refractivity contribution in [3.8, 4) is 0 Å². The van der Waals surface area contributed by atoms with Gasteiger partial charge in [-0.25, -0.2) is 4.72 Å². The van der Waals surface area contributed by atoms with Crippen molar-refractivity contribution in [3.05, 3.63) is 71.8 Å². The summed E-state index contributed by atoms with van der Waals surface area (Å²) in [7, 11) is -3.37. The highest BCUT2D eigenvalue weighted by Crippen LogP contribution is 2.20. The average Bonchev–Trinajstić information content (AvgIpc) is 2.77. The average molecular weight is 302 g/mol. The van der Waals surface area contributed by atoms with Gasteiger partial charge >= 0.3 is 0 Å². The van der Waals surface area contributed by atoms with Crippen LogP contribution in [0.25, 0.3) is 0 Å². The summed E-state index contributed by atoms with van der Waals surface area (Å²) >= 11 is 0. The number of hydrogen-bond acceptors (Lipinski definition) is 2. The lowest BCUT2D eigenvalue weighted by Gasteiger charge is -2.21. The first-order valence-corrected chi connectivity index (χ1v) is 8.43. The van der Waals surface area contributed by atoms with Gasteiger partial charge in [0.2, 0.25) is 0 Å². The number of nitrogens with one attached hydrogen (secondary N) is 1. The molecular weight excluding hydrogens is 284 g/mol. The van der Waals surface area contributed by atoms with Crippen molar-refractivity contribution >= 4 is 10.2 Å². The molecule has 0 spiro atoms. The van der Waals surface area contributed by atoms with Gasteiger partial charge in [0.15, 0.2) is 0 Å². The number of hydrogen-bond donors (Lipinski definition) is 1. The van der Waals surface area contributed by atoms with E-state index in [9.17, 15) is 8.42 Å². The van der Waals surface area contributed by atoms with E-state index in [-0.39, 0.29) is 6.04 Å². The Kier molecular flexibility index (Phi) is 4.05. The highest BCUT2D eigenvalue weighted by Gasteiger charge is 2.36. The van der Waals surface area contributed by atoms with Crippen LogP contribution in [0.2, 0.25) is 0 Å². The molecule has 0 aliphatic carbocycles. The van der Waals surface area contributed by atoms with E-state index in [4.69, 9.17) is 0 Å². The maximum atomic E-state index is 12.2. The van der Waals surface area contributed by atoms with E-state index >= 15 is 0 Å². The molecule has 1 atom stereocenters. The summed E-state index contributed by atoms with van der Waals surface area (Å²) in [5.41, 5.74) is 2.15. The molecule has 5 heteroatoms. The number of nitrogens with zero attached hydrogens (tertiary/aromatic N) is 1. The molecule has 0 amide bonds. The Labute approximate surface area is 125 Å². The summed E-state index contributed by atoms with van der Waals surface area (Å²) in [4.78, 5) is 0. The first kappa shape index (κ1) is 14.3. The van der Waals surface area contributed by atoms with E-state index in [1.54, 1.807) is 4.31 Å². The fraction of sp³-hybridized carbons (Fsp3) is 0.250. The number of rotatable bonds is 4.